The number of hydrogen-bond acceptors (Lipinski definition) is 2. The molecule has 0 spiro atoms. The summed E-state index contributed by atoms with van der Waals surface area (Å²) in [6.07, 6.45) is 0. The molecule has 2 aromatic carbocycles. The fourth-order valence-corrected chi connectivity index (χ4v) is 1.97. The van der Waals surface area contributed by atoms with E-state index in [0.717, 1.165) is 5.56 Å². The quantitative estimate of drug-likeness (QED) is 0.736. The van der Waals surface area contributed by atoms with Gasteiger partial charge in [0.05, 0.1) is 0 Å². The van der Waals surface area contributed by atoms with Gasteiger partial charge in [0, 0.05) is 5.56 Å². The van der Waals surface area contributed by atoms with Crippen LogP contribution in [0.5, 0.6) is 11.5 Å². The van der Waals surface area contributed by atoms with Crippen LogP contribution in [0.15, 0.2) is 42.5 Å². The summed E-state index contributed by atoms with van der Waals surface area (Å²) in [6.45, 7) is 5.51. The Morgan fingerprint density at radius 2 is 1.80 bits per heavy atom. The molecule has 2 nitrogen and oxygen atoms in total. The van der Waals surface area contributed by atoms with Crippen molar-refractivity contribution in [1.29, 1.82) is 0 Å². The zero-order chi connectivity index (χ0) is 14.7. The fraction of sp³-hybridized carbons (Fsp3) is 0.235. The smallest absolute Gasteiger partial charge is 0.166 e. The second-order valence-electron chi connectivity index (χ2n) is 5.00. The predicted octanol–water partition coefficient (Wildman–Crippen LogP) is 4.94. The molecule has 0 aliphatic heterocycles. The number of carbonyl (C=O) groups is 1. The molecular formula is C17H17FO2. The Labute approximate surface area is 118 Å². The molecule has 0 fully saturated rings. The number of para-hydroxylation sites is 1. The molecule has 0 amide bonds. The van der Waals surface area contributed by atoms with Gasteiger partial charge >= 0.3 is 0 Å². The Morgan fingerprint density at radius 1 is 1.10 bits per heavy atom. The van der Waals surface area contributed by atoms with Crippen LogP contribution in [0.4, 0.5) is 4.39 Å². The monoisotopic (exact) mass is 272 g/mol. The molecule has 0 aliphatic rings. The van der Waals surface area contributed by atoms with Crippen molar-refractivity contribution in [2.45, 2.75) is 26.7 Å². The van der Waals surface area contributed by atoms with E-state index in [1.807, 2.05) is 24.3 Å². The topological polar surface area (TPSA) is 26.3 Å². The van der Waals surface area contributed by atoms with E-state index in [1.54, 1.807) is 6.07 Å². The molecule has 0 N–H and O–H groups in total. The fourth-order valence-electron chi connectivity index (χ4n) is 1.97. The van der Waals surface area contributed by atoms with Gasteiger partial charge in [-0.2, -0.15) is 0 Å². The van der Waals surface area contributed by atoms with Crippen molar-refractivity contribution in [2.75, 3.05) is 0 Å². The zero-order valence-electron chi connectivity index (χ0n) is 11.8. The van der Waals surface area contributed by atoms with Gasteiger partial charge in [0.25, 0.3) is 0 Å². The number of benzene rings is 2. The molecule has 2 rings (SSSR count). The first kappa shape index (κ1) is 14.3. The zero-order valence-corrected chi connectivity index (χ0v) is 11.8. The summed E-state index contributed by atoms with van der Waals surface area (Å²) in [7, 11) is 0. The highest BCUT2D eigenvalue weighted by Gasteiger charge is 2.12. The molecule has 0 heterocycles. The Morgan fingerprint density at radius 3 is 2.40 bits per heavy atom. The summed E-state index contributed by atoms with van der Waals surface area (Å²) < 4.78 is 19.6. The maximum Gasteiger partial charge on any atom is 0.166 e. The minimum absolute atomic E-state index is 0.128. The van der Waals surface area contributed by atoms with E-state index in [9.17, 15) is 9.18 Å². The van der Waals surface area contributed by atoms with Crippen molar-refractivity contribution in [2.24, 2.45) is 0 Å². The second-order valence-corrected chi connectivity index (χ2v) is 5.00. The van der Waals surface area contributed by atoms with E-state index in [-0.39, 0.29) is 17.5 Å². The van der Waals surface area contributed by atoms with Crippen molar-refractivity contribution >= 4 is 5.78 Å². The van der Waals surface area contributed by atoms with Crippen LogP contribution in [0.25, 0.3) is 0 Å². The Bertz CT molecular complexity index is 633. The molecule has 20 heavy (non-hydrogen) atoms. The summed E-state index contributed by atoms with van der Waals surface area (Å²) in [5, 5.41) is 0. The van der Waals surface area contributed by atoms with E-state index in [4.69, 9.17) is 4.74 Å². The first-order chi connectivity index (χ1) is 9.49. The summed E-state index contributed by atoms with van der Waals surface area (Å²) in [5.74, 6) is 0.347. The second kappa shape index (κ2) is 5.87. The molecule has 0 aliphatic carbocycles. The number of rotatable bonds is 4. The highest BCUT2D eigenvalue weighted by atomic mass is 19.1. The van der Waals surface area contributed by atoms with Crippen molar-refractivity contribution in [3.8, 4) is 11.5 Å². The van der Waals surface area contributed by atoms with Gasteiger partial charge in [-0.05, 0) is 42.7 Å². The van der Waals surface area contributed by atoms with Crippen LogP contribution < -0.4 is 4.74 Å². The normalized spacial score (nSPS) is 10.7. The number of hydrogen-bond donors (Lipinski definition) is 0. The third kappa shape index (κ3) is 3.05. The van der Waals surface area contributed by atoms with Crippen molar-refractivity contribution in [3.63, 3.8) is 0 Å². The van der Waals surface area contributed by atoms with Gasteiger partial charge < -0.3 is 4.74 Å². The highest BCUT2D eigenvalue weighted by Crippen LogP contribution is 2.31. The average molecular weight is 272 g/mol. The molecule has 2 aromatic rings. The first-order valence-electron chi connectivity index (χ1n) is 6.56. The standard InChI is InChI=1S/C17H17FO2/c1-11(2)14-6-4-5-7-16(14)20-17-9-8-13(12(3)19)10-15(17)18/h4-11H,1-3H3. The van der Waals surface area contributed by atoms with Crippen LogP contribution >= 0.6 is 0 Å². The third-order valence-electron chi connectivity index (χ3n) is 3.10. The molecular weight excluding hydrogens is 255 g/mol. The van der Waals surface area contributed by atoms with Gasteiger partial charge in [0.15, 0.2) is 17.3 Å². The van der Waals surface area contributed by atoms with E-state index in [0.29, 0.717) is 11.3 Å². The highest BCUT2D eigenvalue weighted by molar-refractivity contribution is 5.94. The van der Waals surface area contributed by atoms with Crippen molar-refractivity contribution in [3.05, 3.63) is 59.4 Å². The van der Waals surface area contributed by atoms with E-state index in [2.05, 4.69) is 13.8 Å². The maximum atomic E-state index is 14.0. The minimum atomic E-state index is -0.531. The Hall–Kier alpha value is -2.16. The minimum Gasteiger partial charge on any atom is -0.454 e. The van der Waals surface area contributed by atoms with Crippen LogP contribution in [0, 0.1) is 5.82 Å². The number of carbonyl (C=O) groups excluding carboxylic acids is 1. The molecule has 0 radical (unpaired) electrons. The van der Waals surface area contributed by atoms with Gasteiger partial charge in [-0.25, -0.2) is 4.39 Å². The van der Waals surface area contributed by atoms with Gasteiger partial charge in [-0.3, -0.25) is 4.79 Å². The summed E-state index contributed by atoms with van der Waals surface area (Å²) in [6, 6.07) is 11.8. The van der Waals surface area contributed by atoms with Gasteiger partial charge in [0.1, 0.15) is 5.75 Å². The SMILES string of the molecule is CC(=O)c1ccc(Oc2ccccc2C(C)C)c(F)c1. The maximum absolute atomic E-state index is 14.0. The van der Waals surface area contributed by atoms with E-state index in [1.165, 1.54) is 19.1 Å². The summed E-state index contributed by atoms with van der Waals surface area (Å²) >= 11 is 0. The van der Waals surface area contributed by atoms with Gasteiger partial charge in [-0.1, -0.05) is 32.0 Å². The molecule has 104 valence electrons. The molecule has 0 atom stereocenters. The lowest BCUT2D eigenvalue weighted by Crippen LogP contribution is -1.97. The molecule has 0 aromatic heterocycles. The Balaban J connectivity index is 2.33. The molecule has 0 saturated carbocycles. The van der Waals surface area contributed by atoms with Crippen LogP contribution in [0.1, 0.15) is 42.6 Å². The lowest BCUT2D eigenvalue weighted by molar-refractivity contribution is 0.101. The number of Topliss-reactive ketones (excluding diaryl/α,β-unsaturated/α-hetero) is 1. The lowest BCUT2D eigenvalue weighted by atomic mass is 10.0. The van der Waals surface area contributed by atoms with Gasteiger partial charge in [-0.15, -0.1) is 0 Å². The van der Waals surface area contributed by atoms with Crippen LogP contribution in [0.3, 0.4) is 0 Å². The average Bonchev–Trinajstić information content (AvgIpc) is 2.41. The molecule has 0 bridgehead atoms. The number of ether oxygens (including phenoxy) is 1. The summed E-state index contributed by atoms with van der Waals surface area (Å²) in [5.41, 5.74) is 1.36. The number of halogens is 1. The van der Waals surface area contributed by atoms with E-state index < -0.39 is 5.82 Å². The van der Waals surface area contributed by atoms with Gasteiger partial charge in [0.2, 0.25) is 0 Å². The van der Waals surface area contributed by atoms with E-state index >= 15 is 0 Å². The predicted molar refractivity (Wildman–Crippen MR) is 77.0 cm³/mol. The lowest BCUT2D eigenvalue weighted by Gasteiger charge is -2.14. The largest absolute Gasteiger partial charge is 0.454 e. The summed E-state index contributed by atoms with van der Waals surface area (Å²) in [4.78, 5) is 11.2. The van der Waals surface area contributed by atoms with Crippen LogP contribution in [-0.4, -0.2) is 5.78 Å². The molecule has 3 heteroatoms. The number of ketones is 1. The molecule has 0 unspecified atom stereocenters. The van der Waals surface area contributed by atoms with Crippen LogP contribution in [-0.2, 0) is 0 Å². The molecule has 0 saturated heterocycles. The van der Waals surface area contributed by atoms with Crippen molar-refractivity contribution < 1.29 is 13.9 Å². The first-order valence-corrected chi connectivity index (χ1v) is 6.56. The Kier molecular flexibility index (Phi) is 4.18. The van der Waals surface area contributed by atoms with Crippen LogP contribution in [0.2, 0.25) is 0 Å². The third-order valence-corrected chi connectivity index (χ3v) is 3.10. The van der Waals surface area contributed by atoms with Crippen molar-refractivity contribution in [1.82, 2.24) is 0 Å².